The van der Waals surface area contributed by atoms with Crippen molar-refractivity contribution in [3.8, 4) is 0 Å². The first-order valence-electron chi connectivity index (χ1n) is 8.54. The SMILES string of the molecule is Cc1nc(CNC(=O)C2CCN(C(=O)C3CCC3)CC2)sc1C. The topological polar surface area (TPSA) is 62.3 Å². The smallest absolute Gasteiger partial charge is 0.225 e. The molecule has 0 aromatic carbocycles. The molecule has 1 saturated carbocycles. The molecule has 5 nitrogen and oxygen atoms in total. The third-order valence-corrected chi connectivity index (χ3v) is 6.19. The number of carbonyl (C=O) groups is 2. The first-order valence-corrected chi connectivity index (χ1v) is 9.35. The highest BCUT2D eigenvalue weighted by molar-refractivity contribution is 7.11. The summed E-state index contributed by atoms with van der Waals surface area (Å²) >= 11 is 1.64. The van der Waals surface area contributed by atoms with Crippen LogP contribution in [0.15, 0.2) is 0 Å². The molecular formula is C17H25N3O2S. The number of likely N-dealkylation sites (tertiary alicyclic amines) is 1. The summed E-state index contributed by atoms with van der Waals surface area (Å²) in [7, 11) is 0. The summed E-state index contributed by atoms with van der Waals surface area (Å²) in [6.45, 7) is 6.00. The van der Waals surface area contributed by atoms with Crippen LogP contribution in [-0.4, -0.2) is 34.8 Å². The normalized spacial score (nSPS) is 19.5. The highest BCUT2D eigenvalue weighted by Gasteiger charge is 2.33. The molecule has 0 atom stereocenters. The maximum absolute atomic E-state index is 12.3. The van der Waals surface area contributed by atoms with Gasteiger partial charge in [-0.3, -0.25) is 9.59 Å². The van der Waals surface area contributed by atoms with Crippen LogP contribution in [0, 0.1) is 25.7 Å². The minimum absolute atomic E-state index is 0.0302. The van der Waals surface area contributed by atoms with E-state index in [1.807, 2.05) is 18.7 Å². The number of thiazole rings is 1. The Morgan fingerprint density at radius 2 is 1.87 bits per heavy atom. The predicted molar refractivity (Wildman–Crippen MR) is 90.1 cm³/mol. The summed E-state index contributed by atoms with van der Waals surface area (Å²) in [4.78, 5) is 32.1. The van der Waals surface area contributed by atoms with E-state index in [2.05, 4.69) is 10.3 Å². The Hall–Kier alpha value is -1.43. The average Bonchev–Trinajstić information content (AvgIpc) is 2.82. The number of nitrogens with one attached hydrogen (secondary N) is 1. The van der Waals surface area contributed by atoms with E-state index in [1.54, 1.807) is 11.3 Å². The maximum Gasteiger partial charge on any atom is 0.225 e. The van der Waals surface area contributed by atoms with Gasteiger partial charge in [0.25, 0.3) is 0 Å². The second kappa shape index (κ2) is 6.99. The lowest BCUT2D eigenvalue weighted by atomic mass is 9.83. The van der Waals surface area contributed by atoms with Gasteiger partial charge in [-0.15, -0.1) is 11.3 Å². The number of hydrogen-bond donors (Lipinski definition) is 1. The Labute approximate surface area is 141 Å². The van der Waals surface area contributed by atoms with Gasteiger partial charge in [0.1, 0.15) is 5.01 Å². The number of aryl methyl sites for hydroxylation is 2. The molecule has 1 aliphatic heterocycles. The molecular weight excluding hydrogens is 310 g/mol. The molecule has 126 valence electrons. The van der Waals surface area contributed by atoms with E-state index in [9.17, 15) is 9.59 Å². The molecule has 1 aromatic rings. The minimum atomic E-state index is 0.0302. The fourth-order valence-corrected chi connectivity index (χ4v) is 4.07. The first kappa shape index (κ1) is 16.4. The van der Waals surface area contributed by atoms with Gasteiger partial charge in [-0.1, -0.05) is 6.42 Å². The highest BCUT2D eigenvalue weighted by Crippen LogP contribution is 2.30. The van der Waals surface area contributed by atoms with Gasteiger partial charge in [0.05, 0.1) is 12.2 Å². The van der Waals surface area contributed by atoms with E-state index in [0.29, 0.717) is 12.5 Å². The van der Waals surface area contributed by atoms with Crippen molar-refractivity contribution in [1.82, 2.24) is 15.2 Å². The molecule has 0 bridgehead atoms. The molecule has 0 radical (unpaired) electrons. The number of amides is 2. The summed E-state index contributed by atoms with van der Waals surface area (Å²) in [6, 6.07) is 0. The van der Waals surface area contributed by atoms with Crippen LogP contribution in [0.1, 0.15) is 47.7 Å². The lowest BCUT2D eigenvalue weighted by Crippen LogP contribution is -2.46. The fraction of sp³-hybridized carbons (Fsp3) is 0.706. The van der Waals surface area contributed by atoms with E-state index in [0.717, 1.165) is 49.5 Å². The second-order valence-corrected chi connectivity index (χ2v) is 7.98. The zero-order valence-electron chi connectivity index (χ0n) is 13.9. The van der Waals surface area contributed by atoms with Crippen molar-refractivity contribution in [2.75, 3.05) is 13.1 Å². The van der Waals surface area contributed by atoms with Crippen molar-refractivity contribution >= 4 is 23.2 Å². The van der Waals surface area contributed by atoms with Crippen molar-refractivity contribution in [3.05, 3.63) is 15.6 Å². The van der Waals surface area contributed by atoms with Gasteiger partial charge in [-0.25, -0.2) is 4.98 Å². The van der Waals surface area contributed by atoms with Crippen LogP contribution < -0.4 is 5.32 Å². The highest BCUT2D eigenvalue weighted by atomic mass is 32.1. The van der Waals surface area contributed by atoms with Gasteiger partial charge in [0.2, 0.25) is 11.8 Å². The van der Waals surface area contributed by atoms with Crippen molar-refractivity contribution in [3.63, 3.8) is 0 Å². The number of rotatable bonds is 4. The third kappa shape index (κ3) is 3.74. The fourth-order valence-electron chi connectivity index (χ4n) is 3.20. The van der Waals surface area contributed by atoms with Gasteiger partial charge >= 0.3 is 0 Å². The first-order chi connectivity index (χ1) is 11.0. The summed E-state index contributed by atoms with van der Waals surface area (Å²) in [5.74, 6) is 0.703. The van der Waals surface area contributed by atoms with E-state index in [1.165, 1.54) is 11.3 Å². The number of nitrogens with zero attached hydrogens (tertiary/aromatic N) is 2. The molecule has 6 heteroatoms. The van der Waals surface area contributed by atoms with Gasteiger partial charge in [-0.2, -0.15) is 0 Å². The molecule has 2 amide bonds. The zero-order chi connectivity index (χ0) is 16.4. The number of carbonyl (C=O) groups excluding carboxylic acids is 2. The molecule has 23 heavy (non-hydrogen) atoms. The second-order valence-electron chi connectivity index (χ2n) is 6.69. The van der Waals surface area contributed by atoms with Gasteiger partial charge in [0, 0.05) is 29.8 Å². The Morgan fingerprint density at radius 1 is 1.17 bits per heavy atom. The van der Waals surface area contributed by atoms with Crippen LogP contribution in [0.4, 0.5) is 0 Å². The summed E-state index contributed by atoms with van der Waals surface area (Å²) in [6.07, 6.45) is 4.84. The summed E-state index contributed by atoms with van der Waals surface area (Å²) in [5.41, 5.74) is 1.04. The van der Waals surface area contributed by atoms with Crippen molar-refractivity contribution in [2.45, 2.75) is 52.5 Å². The molecule has 0 spiro atoms. The molecule has 1 aromatic heterocycles. The van der Waals surface area contributed by atoms with E-state index in [4.69, 9.17) is 0 Å². The van der Waals surface area contributed by atoms with Crippen LogP contribution >= 0.6 is 11.3 Å². The van der Waals surface area contributed by atoms with Gasteiger partial charge in [0.15, 0.2) is 0 Å². The minimum Gasteiger partial charge on any atom is -0.349 e. The summed E-state index contributed by atoms with van der Waals surface area (Å²) < 4.78 is 0. The Morgan fingerprint density at radius 3 is 2.39 bits per heavy atom. The molecule has 0 unspecified atom stereocenters. The lowest BCUT2D eigenvalue weighted by molar-refractivity contribution is -0.141. The molecule has 1 aliphatic carbocycles. The zero-order valence-corrected chi connectivity index (χ0v) is 14.7. The molecule has 2 heterocycles. The van der Waals surface area contributed by atoms with Crippen molar-refractivity contribution in [1.29, 1.82) is 0 Å². The lowest BCUT2D eigenvalue weighted by Gasteiger charge is -2.36. The van der Waals surface area contributed by atoms with E-state index < -0.39 is 0 Å². The quantitative estimate of drug-likeness (QED) is 0.919. The van der Waals surface area contributed by atoms with Gasteiger partial charge in [-0.05, 0) is 39.5 Å². The van der Waals surface area contributed by atoms with Crippen molar-refractivity contribution in [2.24, 2.45) is 11.8 Å². The predicted octanol–water partition coefficient (Wildman–Crippen LogP) is 2.41. The number of piperidine rings is 1. The van der Waals surface area contributed by atoms with Crippen LogP contribution in [-0.2, 0) is 16.1 Å². The Balaban J connectivity index is 1.43. The third-order valence-electron chi connectivity index (χ3n) is 5.12. The van der Waals surface area contributed by atoms with E-state index >= 15 is 0 Å². The largest absolute Gasteiger partial charge is 0.349 e. The average molecular weight is 335 g/mol. The van der Waals surface area contributed by atoms with Crippen LogP contribution in [0.25, 0.3) is 0 Å². The maximum atomic E-state index is 12.3. The molecule has 1 N–H and O–H groups in total. The molecule has 3 rings (SSSR count). The number of hydrogen-bond acceptors (Lipinski definition) is 4. The molecule has 2 fully saturated rings. The number of aromatic nitrogens is 1. The Bertz CT molecular complexity index is 567. The van der Waals surface area contributed by atoms with Crippen molar-refractivity contribution < 1.29 is 9.59 Å². The standard InChI is InChI=1S/C17H25N3O2S/c1-11-12(2)23-15(19-11)10-18-16(21)13-6-8-20(9-7-13)17(22)14-4-3-5-14/h13-14H,3-10H2,1-2H3,(H,18,21). The van der Waals surface area contributed by atoms with E-state index in [-0.39, 0.29) is 17.7 Å². The van der Waals surface area contributed by atoms with Crippen LogP contribution in [0.2, 0.25) is 0 Å². The Kier molecular flexibility index (Phi) is 4.99. The van der Waals surface area contributed by atoms with Crippen LogP contribution in [0.3, 0.4) is 0 Å². The van der Waals surface area contributed by atoms with Gasteiger partial charge < -0.3 is 10.2 Å². The molecule has 1 saturated heterocycles. The molecule has 2 aliphatic rings. The van der Waals surface area contributed by atoms with Crippen LogP contribution in [0.5, 0.6) is 0 Å². The monoisotopic (exact) mass is 335 g/mol. The summed E-state index contributed by atoms with van der Waals surface area (Å²) in [5, 5.41) is 3.97.